The fourth-order valence-corrected chi connectivity index (χ4v) is 6.25. The molecule has 3 aliphatic rings. The van der Waals surface area contributed by atoms with Gasteiger partial charge in [0.05, 0.1) is 24.4 Å². The summed E-state index contributed by atoms with van der Waals surface area (Å²) < 4.78 is 17.5. The van der Waals surface area contributed by atoms with E-state index in [1.807, 2.05) is 11.0 Å². The lowest BCUT2D eigenvalue weighted by molar-refractivity contribution is -0.144. The van der Waals surface area contributed by atoms with Gasteiger partial charge in [-0.3, -0.25) is 9.59 Å². The van der Waals surface area contributed by atoms with Gasteiger partial charge >= 0.3 is 5.97 Å². The van der Waals surface area contributed by atoms with Gasteiger partial charge in [-0.25, -0.2) is 0 Å². The van der Waals surface area contributed by atoms with Gasteiger partial charge in [-0.2, -0.15) is 0 Å². The van der Waals surface area contributed by atoms with Crippen LogP contribution in [0.2, 0.25) is 0 Å². The van der Waals surface area contributed by atoms with E-state index in [2.05, 4.69) is 13.0 Å². The van der Waals surface area contributed by atoms with E-state index >= 15 is 0 Å². The van der Waals surface area contributed by atoms with Crippen LogP contribution in [0.3, 0.4) is 0 Å². The van der Waals surface area contributed by atoms with Gasteiger partial charge in [-0.05, 0) is 76.7 Å². The number of carbonyl (C=O) groups excluding carboxylic acids is 2. The van der Waals surface area contributed by atoms with Crippen LogP contribution in [0, 0.1) is 5.92 Å². The first-order valence-electron chi connectivity index (χ1n) is 15.5. The molecule has 1 amide bonds. The largest absolute Gasteiger partial charge is 0.458 e. The zero-order valence-corrected chi connectivity index (χ0v) is 24.0. The number of unbranched alkanes of at least 4 members (excludes halogenated alkanes) is 3. The van der Waals surface area contributed by atoms with Gasteiger partial charge in [0.15, 0.2) is 0 Å². The minimum atomic E-state index is -0.378. The van der Waals surface area contributed by atoms with Crippen molar-refractivity contribution in [3.63, 3.8) is 0 Å². The summed E-state index contributed by atoms with van der Waals surface area (Å²) in [6.45, 7) is 5.90. The van der Waals surface area contributed by atoms with E-state index < -0.39 is 0 Å². The van der Waals surface area contributed by atoms with Crippen molar-refractivity contribution in [1.82, 2.24) is 4.90 Å². The van der Waals surface area contributed by atoms with Crippen molar-refractivity contribution in [3.8, 4) is 0 Å². The van der Waals surface area contributed by atoms with Gasteiger partial charge in [-0.15, -0.1) is 0 Å². The second-order valence-corrected chi connectivity index (χ2v) is 11.6. The van der Waals surface area contributed by atoms with Crippen LogP contribution >= 0.6 is 0 Å². The monoisotopic (exact) mass is 535 g/mol. The van der Waals surface area contributed by atoms with E-state index in [0.717, 1.165) is 103 Å². The van der Waals surface area contributed by atoms with Crippen LogP contribution in [-0.4, -0.2) is 72.1 Å². The van der Waals surface area contributed by atoms with Crippen molar-refractivity contribution in [2.24, 2.45) is 5.92 Å². The van der Waals surface area contributed by atoms with Crippen LogP contribution in [0.4, 0.5) is 0 Å². The van der Waals surface area contributed by atoms with Gasteiger partial charge in [0.2, 0.25) is 5.91 Å². The Morgan fingerprint density at radius 2 is 1.68 bits per heavy atom. The highest BCUT2D eigenvalue weighted by atomic mass is 16.5. The summed E-state index contributed by atoms with van der Waals surface area (Å²) in [7, 11) is 0. The van der Waals surface area contributed by atoms with Crippen molar-refractivity contribution in [3.05, 3.63) is 12.2 Å². The van der Waals surface area contributed by atoms with E-state index in [9.17, 15) is 14.7 Å². The summed E-state index contributed by atoms with van der Waals surface area (Å²) in [6, 6.07) is 0.0445. The van der Waals surface area contributed by atoms with Crippen LogP contribution < -0.4 is 0 Å². The maximum atomic E-state index is 12.9. The molecule has 7 heteroatoms. The third kappa shape index (κ3) is 10.6. The van der Waals surface area contributed by atoms with Crippen LogP contribution in [0.25, 0.3) is 0 Å². The highest BCUT2D eigenvalue weighted by Gasteiger charge is 2.34. The topological polar surface area (TPSA) is 85.3 Å². The number of likely N-dealkylation sites (tertiary alicyclic amines) is 1. The second-order valence-electron chi connectivity index (χ2n) is 11.6. The summed E-state index contributed by atoms with van der Waals surface area (Å²) >= 11 is 0. The Morgan fingerprint density at radius 1 is 1.00 bits per heavy atom. The van der Waals surface area contributed by atoms with E-state index in [-0.39, 0.29) is 42.3 Å². The molecule has 6 atom stereocenters. The molecule has 3 saturated heterocycles. The third-order valence-corrected chi connectivity index (χ3v) is 8.47. The predicted octanol–water partition coefficient (Wildman–Crippen LogP) is 5.72. The zero-order valence-electron chi connectivity index (χ0n) is 24.0. The third-order valence-electron chi connectivity index (χ3n) is 8.47. The molecule has 0 bridgehead atoms. The Kier molecular flexibility index (Phi) is 14.1. The number of hydrogen-bond acceptors (Lipinski definition) is 6. The smallest absolute Gasteiger partial charge is 0.303 e. The van der Waals surface area contributed by atoms with Gasteiger partial charge in [0.1, 0.15) is 6.10 Å². The van der Waals surface area contributed by atoms with Crippen molar-refractivity contribution in [1.29, 1.82) is 0 Å². The predicted molar refractivity (Wildman–Crippen MR) is 149 cm³/mol. The highest BCUT2D eigenvalue weighted by molar-refractivity contribution is 5.79. The molecule has 3 fully saturated rings. The van der Waals surface area contributed by atoms with E-state index in [1.54, 1.807) is 0 Å². The van der Waals surface area contributed by atoms with Crippen molar-refractivity contribution in [2.75, 3.05) is 19.8 Å². The van der Waals surface area contributed by atoms with Crippen LogP contribution in [0.1, 0.15) is 117 Å². The average molecular weight is 536 g/mol. The molecule has 3 heterocycles. The molecule has 3 aliphatic heterocycles. The summed E-state index contributed by atoms with van der Waals surface area (Å²) in [4.78, 5) is 26.6. The van der Waals surface area contributed by atoms with Gasteiger partial charge in [-0.1, -0.05) is 38.7 Å². The number of ether oxygens (including phenoxy) is 3. The normalized spacial score (nSPS) is 27.0. The molecular weight excluding hydrogens is 482 g/mol. The molecule has 7 nitrogen and oxygen atoms in total. The second kappa shape index (κ2) is 17.3. The van der Waals surface area contributed by atoms with E-state index in [0.29, 0.717) is 18.9 Å². The summed E-state index contributed by atoms with van der Waals surface area (Å²) in [5.41, 5.74) is 0. The molecule has 38 heavy (non-hydrogen) atoms. The van der Waals surface area contributed by atoms with E-state index in [4.69, 9.17) is 14.2 Å². The molecule has 0 aliphatic carbocycles. The molecule has 0 radical (unpaired) electrons. The lowest BCUT2D eigenvalue weighted by atomic mass is 9.89. The Bertz CT molecular complexity index is 715. The fraction of sp³-hybridized carbons (Fsp3) is 0.871. The number of amides is 1. The molecule has 0 aromatic rings. The van der Waals surface area contributed by atoms with Gasteiger partial charge in [0, 0.05) is 39.0 Å². The van der Waals surface area contributed by atoms with Crippen LogP contribution in [0.5, 0.6) is 0 Å². The highest BCUT2D eigenvalue weighted by Crippen LogP contribution is 2.30. The molecule has 0 aromatic carbocycles. The number of aliphatic hydroxyl groups is 1. The number of carbonyl (C=O) groups is 2. The maximum absolute atomic E-state index is 12.9. The minimum Gasteiger partial charge on any atom is -0.458 e. The first-order valence-corrected chi connectivity index (χ1v) is 15.5. The lowest BCUT2D eigenvalue weighted by Gasteiger charge is -2.35. The van der Waals surface area contributed by atoms with Crippen LogP contribution in [-0.2, 0) is 23.8 Å². The first kappa shape index (κ1) is 31.1. The molecular formula is C31H53NO6. The Hall–Kier alpha value is -1.44. The molecule has 6 unspecified atom stereocenters. The minimum absolute atomic E-state index is 0.00577. The quantitative estimate of drug-likeness (QED) is 0.155. The Labute approximate surface area is 230 Å². The lowest BCUT2D eigenvalue weighted by Crippen LogP contribution is -2.41. The zero-order chi connectivity index (χ0) is 27.2. The SMILES string of the molecule is CCCCCC(C=CC1CCC(=O)N1CC(CCCCC(O)C1CCCCO1)C1CCCCO1)OC(C)=O. The van der Waals surface area contributed by atoms with E-state index in [1.165, 1.54) is 13.3 Å². The molecule has 1 N–H and O–H groups in total. The summed E-state index contributed by atoms with van der Waals surface area (Å²) in [5.74, 6) is 0.246. The van der Waals surface area contributed by atoms with Crippen molar-refractivity contribution in [2.45, 2.75) is 147 Å². The number of esters is 1. The van der Waals surface area contributed by atoms with Gasteiger partial charge < -0.3 is 24.2 Å². The van der Waals surface area contributed by atoms with Crippen molar-refractivity contribution < 1.29 is 28.9 Å². The average Bonchev–Trinajstić information content (AvgIpc) is 3.28. The molecule has 218 valence electrons. The number of aliphatic hydroxyl groups excluding tert-OH is 1. The maximum Gasteiger partial charge on any atom is 0.303 e. The first-order chi connectivity index (χ1) is 18.5. The van der Waals surface area contributed by atoms with Crippen molar-refractivity contribution >= 4 is 11.9 Å². The molecule has 0 spiro atoms. The standard InChI is InChI=1S/C31H53NO6/c1-3-4-5-13-27(38-24(2)33)19-17-26-18-20-31(35)32(26)23-25(29-15-8-10-21-36-29)12-6-7-14-28(34)30-16-9-11-22-37-30/h17,19,25-30,34H,3-16,18,20-23H2,1-2H3. The van der Waals surface area contributed by atoms with Crippen LogP contribution in [0.15, 0.2) is 12.2 Å². The Balaban J connectivity index is 1.56. The van der Waals surface area contributed by atoms with Gasteiger partial charge in [0.25, 0.3) is 0 Å². The molecule has 3 rings (SSSR count). The summed E-state index contributed by atoms with van der Waals surface area (Å²) in [5, 5.41) is 10.6. The molecule has 0 aromatic heterocycles. The fourth-order valence-electron chi connectivity index (χ4n) is 6.25. The molecule has 0 saturated carbocycles. The Morgan fingerprint density at radius 3 is 2.34 bits per heavy atom. The number of nitrogens with zero attached hydrogens (tertiary/aromatic N) is 1. The number of hydrogen-bond donors (Lipinski definition) is 1. The summed E-state index contributed by atoms with van der Waals surface area (Å²) in [6.07, 6.45) is 19.4. The number of rotatable bonds is 16.